The number of hydrogen-bond donors (Lipinski definition) is 0. The van der Waals surface area contributed by atoms with E-state index in [1.807, 2.05) is 0 Å². The zero-order valence-corrected chi connectivity index (χ0v) is 13.5. The summed E-state index contributed by atoms with van der Waals surface area (Å²) in [4.78, 5) is 2.70. The van der Waals surface area contributed by atoms with Gasteiger partial charge in [0.1, 0.15) is 5.75 Å². The van der Waals surface area contributed by atoms with Gasteiger partial charge < -0.3 is 4.74 Å². The molecule has 0 N–H and O–H groups in total. The lowest BCUT2D eigenvalue weighted by molar-refractivity contribution is 0.158. The molecule has 0 aromatic heterocycles. The number of rotatable bonds is 6. The van der Waals surface area contributed by atoms with Gasteiger partial charge in [0.25, 0.3) is 0 Å². The molecule has 1 aliphatic carbocycles. The molecule has 0 radical (unpaired) electrons. The standard InChI is InChI=1S/C18H29NO/c1-5-12-19(13-6-2)17-11-10-16-15(14(17)3)8-7-9-18(16)20-4/h7-9,14,17H,5-6,10-13H2,1-4H3/t14-,17-/m0/s1. The largest absolute Gasteiger partial charge is 0.496 e. The Bertz CT molecular complexity index is 423. The van der Waals surface area contributed by atoms with Gasteiger partial charge in [-0.1, -0.05) is 32.9 Å². The Labute approximate surface area is 124 Å². The number of nitrogens with zero attached hydrogens (tertiary/aromatic N) is 1. The molecule has 0 heterocycles. The third-order valence-corrected chi connectivity index (χ3v) is 4.64. The smallest absolute Gasteiger partial charge is 0.122 e. The van der Waals surface area contributed by atoms with Crippen molar-refractivity contribution in [3.63, 3.8) is 0 Å². The highest BCUT2D eigenvalue weighted by atomic mass is 16.5. The molecule has 2 nitrogen and oxygen atoms in total. The van der Waals surface area contributed by atoms with Gasteiger partial charge in [0.05, 0.1) is 7.11 Å². The van der Waals surface area contributed by atoms with Crippen molar-refractivity contribution in [1.82, 2.24) is 4.90 Å². The van der Waals surface area contributed by atoms with Crippen LogP contribution in [0.25, 0.3) is 0 Å². The fourth-order valence-electron chi connectivity index (χ4n) is 3.73. The quantitative estimate of drug-likeness (QED) is 0.770. The zero-order chi connectivity index (χ0) is 14.5. The van der Waals surface area contributed by atoms with Gasteiger partial charge in [-0.2, -0.15) is 0 Å². The van der Waals surface area contributed by atoms with Crippen LogP contribution in [0.5, 0.6) is 5.75 Å². The first-order valence-corrected chi connectivity index (χ1v) is 8.12. The van der Waals surface area contributed by atoms with E-state index in [0.29, 0.717) is 12.0 Å². The Balaban J connectivity index is 2.24. The molecular formula is C18H29NO. The van der Waals surface area contributed by atoms with Crippen LogP contribution < -0.4 is 4.74 Å². The molecule has 0 bridgehead atoms. The molecule has 0 aliphatic heterocycles. The molecule has 0 saturated carbocycles. The summed E-state index contributed by atoms with van der Waals surface area (Å²) in [6.07, 6.45) is 4.90. The van der Waals surface area contributed by atoms with E-state index < -0.39 is 0 Å². The van der Waals surface area contributed by atoms with Crippen LogP contribution in [0, 0.1) is 0 Å². The van der Waals surface area contributed by atoms with Crippen molar-refractivity contribution in [3.05, 3.63) is 29.3 Å². The Kier molecular flexibility index (Phi) is 5.47. The average Bonchev–Trinajstić information content (AvgIpc) is 2.47. The van der Waals surface area contributed by atoms with E-state index in [2.05, 4.69) is 43.9 Å². The van der Waals surface area contributed by atoms with E-state index in [4.69, 9.17) is 4.74 Å². The van der Waals surface area contributed by atoms with E-state index >= 15 is 0 Å². The third kappa shape index (κ3) is 3.01. The van der Waals surface area contributed by atoms with Gasteiger partial charge in [0.15, 0.2) is 0 Å². The average molecular weight is 275 g/mol. The fourth-order valence-corrected chi connectivity index (χ4v) is 3.73. The molecule has 2 rings (SSSR count). The molecule has 0 unspecified atom stereocenters. The molecule has 20 heavy (non-hydrogen) atoms. The number of fused-ring (bicyclic) bond motifs is 1. The monoisotopic (exact) mass is 275 g/mol. The van der Waals surface area contributed by atoms with Crippen molar-refractivity contribution < 1.29 is 4.74 Å². The van der Waals surface area contributed by atoms with E-state index in [1.165, 1.54) is 43.5 Å². The van der Waals surface area contributed by atoms with Crippen molar-refractivity contribution in [2.75, 3.05) is 20.2 Å². The van der Waals surface area contributed by atoms with Crippen LogP contribution in [0.1, 0.15) is 57.1 Å². The van der Waals surface area contributed by atoms with E-state index in [1.54, 1.807) is 7.11 Å². The topological polar surface area (TPSA) is 12.5 Å². The van der Waals surface area contributed by atoms with Gasteiger partial charge in [-0.3, -0.25) is 4.90 Å². The Morgan fingerprint density at radius 2 is 1.90 bits per heavy atom. The molecule has 2 heteroatoms. The second kappa shape index (κ2) is 7.12. The van der Waals surface area contributed by atoms with Crippen molar-refractivity contribution in [3.8, 4) is 5.75 Å². The lowest BCUT2D eigenvalue weighted by Crippen LogP contribution is -2.42. The van der Waals surface area contributed by atoms with Gasteiger partial charge in [-0.15, -0.1) is 0 Å². The molecule has 1 aromatic rings. The summed E-state index contributed by atoms with van der Waals surface area (Å²) < 4.78 is 5.54. The number of methoxy groups -OCH3 is 1. The van der Waals surface area contributed by atoms with Crippen LogP contribution in [0.2, 0.25) is 0 Å². The Hall–Kier alpha value is -1.02. The highest BCUT2D eigenvalue weighted by Gasteiger charge is 2.31. The number of benzene rings is 1. The SMILES string of the molecule is CCCN(CCC)[C@H]1CCc2c(OC)cccc2[C@@H]1C. The van der Waals surface area contributed by atoms with Crippen molar-refractivity contribution >= 4 is 0 Å². The second-order valence-corrected chi connectivity index (χ2v) is 5.96. The molecule has 112 valence electrons. The highest BCUT2D eigenvalue weighted by Crippen LogP contribution is 2.38. The van der Waals surface area contributed by atoms with Crippen LogP contribution in [-0.4, -0.2) is 31.1 Å². The fraction of sp³-hybridized carbons (Fsp3) is 0.667. The summed E-state index contributed by atoms with van der Waals surface area (Å²) in [7, 11) is 1.78. The summed E-state index contributed by atoms with van der Waals surface area (Å²) in [5, 5.41) is 0. The molecule has 1 aliphatic rings. The maximum Gasteiger partial charge on any atom is 0.122 e. The minimum atomic E-state index is 0.604. The summed E-state index contributed by atoms with van der Waals surface area (Å²) in [6.45, 7) is 9.41. The molecule has 0 amide bonds. The first kappa shape index (κ1) is 15.4. The maximum absolute atomic E-state index is 5.54. The van der Waals surface area contributed by atoms with Crippen LogP contribution in [0.15, 0.2) is 18.2 Å². The van der Waals surface area contributed by atoms with E-state index in [0.717, 1.165) is 12.2 Å². The minimum absolute atomic E-state index is 0.604. The lowest BCUT2D eigenvalue weighted by atomic mass is 9.79. The van der Waals surface area contributed by atoms with Crippen LogP contribution in [0.4, 0.5) is 0 Å². The summed E-state index contributed by atoms with van der Waals surface area (Å²) in [6, 6.07) is 7.22. The van der Waals surface area contributed by atoms with Crippen molar-refractivity contribution in [2.45, 2.75) is 58.4 Å². The Morgan fingerprint density at radius 3 is 2.50 bits per heavy atom. The lowest BCUT2D eigenvalue weighted by Gasteiger charge is -2.40. The second-order valence-electron chi connectivity index (χ2n) is 5.96. The first-order chi connectivity index (χ1) is 9.72. The first-order valence-electron chi connectivity index (χ1n) is 8.12. The van der Waals surface area contributed by atoms with Crippen molar-refractivity contribution in [2.24, 2.45) is 0 Å². The van der Waals surface area contributed by atoms with Gasteiger partial charge >= 0.3 is 0 Å². The van der Waals surface area contributed by atoms with Crippen LogP contribution >= 0.6 is 0 Å². The van der Waals surface area contributed by atoms with Crippen LogP contribution in [0.3, 0.4) is 0 Å². The highest BCUT2D eigenvalue weighted by molar-refractivity contribution is 5.44. The zero-order valence-electron chi connectivity index (χ0n) is 13.5. The number of hydrogen-bond acceptors (Lipinski definition) is 2. The van der Waals surface area contributed by atoms with Gasteiger partial charge in [-0.05, 0) is 61.9 Å². The molecular weight excluding hydrogens is 246 g/mol. The summed E-state index contributed by atoms with van der Waals surface area (Å²) in [5.41, 5.74) is 2.93. The van der Waals surface area contributed by atoms with Gasteiger partial charge in [-0.25, -0.2) is 0 Å². The van der Waals surface area contributed by atoms with Gasteiger partial charge in [0.2, 0.25) is 0 Å². The molecule has 0 spiro atoms. The van der Waals surface area contributed by atoms with E-state index in [-0.39, 0.29) is 0 Å². The van der Waals surface area contributed by atoms with Crippen molar-refractivity contribution in [1.29, 1.82) is 0 Å². The maximum atomic E-state index is 5.54. The van der Waals surface area contributed by atoms with Gasteiger partial charge in [0, 0.05) is 6.04 Å². The molecule has 0 saturated heterocycles. The minimum Gasteiger partial charge on any atom is -0.496 e. The predicted molar refractivity (Wildman–Crippen MR) is 85.7 cm³/mol. The predicted octanol–water partition coefficient (Wildman–Crippen LogP) is 4.24. The molecule has 2 atom stereocenters. The Morgan fingerprint density at radius 1 is 1.20 bits per heavy atom. The number of ether oxygens (including phenoxy) is 1. The molecule has 0 fully saturated rings. The van der Waals surface area contributed by atoms with E-state index in [9.17, 15) is 0 Å². The summed E-state index contributed by atoms with van der Waals surface area (Å²) in [5.74, 6) is 1.68. The van der Waals surface area contributed by atoms with Crippen LogP contribution in [-0.2, 0) is 6.42 Å². The third-order valence-electron chi connectivity index (χ3n) is 4.64. The molecule has 1 aromatic carbocycles. The summed E-state index contributed by atoms with van der Waals surface area (Å²) >= 11 is 0. The normalized spacial score (nSPS) is 21.9.